The Kier molecular flexibility index (Phi) is 3.56. The molecule has 0 aromatic rings. The van der Waals surface area contributed by atoms with Crippen LogP contribution in [0.2, 0.25) is 0 Å². The average molecular weight is 246 g/mol. The van der Waals surface area contributed by atoms with Crippen LogP contribution in [0.3, 0.4) is 0 Å². The molecule has 16 heavy (non-hydrogen) atoms. The van der Waals surface area contributed by atoms with Crippen LogP contribution in [-0.4, -0.2) is 43.6 Å². The van der Waals surface area contributed by atoms with Crippen LogP contribution in [0.15, 0.2) is 0 Å². The molecule has 1 N–H and O–H groups in total. The number of hydrogen-bond donors (Lipinski definition) is 1. The van der Waals surface area contributed by atoms with Crippen molar-refractivity contribution in [2.75, 3.05) is 25.4 Å². The lowest BCUT2D eigenvalue weighted by molar-refractivity contribution is 0.315. The van der Waals surface area contributed by atoms with Gasteiger partial charge in [0.2, 0.25) is 10.0 Å². The lowest BCUT2D eigenvalue weighted by Gasteiger charge is -2.28. The largest absolute Gasteiger partial charge is 0.315 e. The van der Waals surface area contributed by atoms with E-state index in [-0.39, 0.29) is 5.54 Å². The maximum absolute atomic E-state index is 12.3. The van der Waals surface area contributed by atoms with Crippen LogP contribution in [0.4, 0.5) is 0 Å². The zero-order valence-electron chi connectivity index (χ0n) is 10.0. The lowest BCUT2D eigenvalue weighted by Crippen LogP contribution is -2.46. The van der Waals surface area contributed by atoms with Crippen LogP contribution in [0.1, 0.15) is 39.0 Å². The Balaban J connectivity index is 2.11. The van der Waals surface area contributed by atoms with Gasteiger partial charge in [-0.2, -0.15) is 4.31 Å². The van der Waals surface area contributed by atoms with Crippen LogP contribution in [0.25, 0.3) is 0 Å². The van der Waals surface area contributed by atoms with Crippen LogP contribution < -0.4 is 5.32 Å². The van der Waals surface area contributed by atoms with E-state index in [0.717, 1.165) is 45.2 Å². The normalized spacial score (nSPS) is 25.6. The monoisotopic (exact) mass is 246 g/mol. The molecule has 2 fully saturated rings. The zero-order chi connectivity index (χ0) is 11.6. The van der Waals surface area contributed by atoms with Gasteiger partial charge in [0.1, 0.15) is 0 Å². The molecule has 4 nitrogen and oxygen atoms in total. The number of unbranched alkanes of at least 4 members (excludes halogenated alkanes) is 1. The van der Waals surface area contributed by atoms with E-state index in [0.29, 0.717) is 12.3 Å². The third kappa shape index (κ3) is 2.41. The van der Waals surface area contributed by atoms with E-state index >= 15 is 0 Å². The predicted molar refractivity (Wildman–Crippen MR) is 64.9 cm³/mol. The van der Waals surface area contributed by atoms with E-state index in [1.54, 1.807) is 4.31 Å². The molecule has 94 valence electrons. The van der Waals surface area contributed by atoms with Gasteiger partial charge in [-0.25, -0.2) is 8.42 Å². The summed E-state index contributed by atoms with van der Waals surface area (Å²) < 4.78 is 26.3. The van der Waals surface area contributed by atoms with Crippen molar-refractivity contribution in [1.82, 2.24) is 9.62 Å². The van der Waals surface area contributed by atoms with Gasteiger partial charge in [-0.3, -0.25) is 0 Å². The Bertz CT molecular complexity index is 336. The molecule has 2 aliphatic rings. The Morgan fingerprint density at radius 3 is 2.75 bits per heavy atom. The fraction of sp³-hybridized carbons (Fsp3) is 1.00. The van der Waals surface area contributed by atoms with Crippen molar-refractivity contribution in [3.05, 3.63) is 0 Å². The second-order valence-corrected chi connectivity index (χ2v) is 7.01. The highest BCUT2D eigenvalue weighted by Crippen LogP contribution is 2.43. The number of nitrogens with zero attached hydrogens (tertiary/aromatic N) is 1. The molecule has 0 bridgehead atoms. The fourth-order valence-corrected chi connectivity index (χ4v) is 4.55. The first-order valence-electron chi connectivity index (χ1n) is 6.32. The highest BCUT2D eigenvalue weighted by molar-refractivity contribution is 7.89. The van der Waals surface area contributed by atoms with Crippen molar-refractivity contribution >= 4 is 10.0 Å². The maximum atomic E-state index is 12.3. The summed E-state index contributed by atoms with van der Waals surface area (Å²) in [6, 6.07) is 0. The van der Waals surface area contributed by atoms with Gasteiger partial charge in [0.25, 0.3) is 0 Å². The molecule has 1 saturated carbocycles. The van der Waals surface area contributed by atoms with E-state index in [1.807, 2.05) is 6.92 Å². The first kappa shape index (κ1) is 12.3. The average Bonchev–Trinajstić information content (AvgIpc) is 3.04. The minimum Gasteiger partial charge on any atom is -0.315 e. The quantitative estimate of drug-likeness (QED) is 0.803. The van der Waals surface area contributed by atoms with Gasteiger partial charge in [-0.05, 0) is 32.2 Å². The summed E-state index contributed by atoms with van der Waals surface area (Å²) in [4.78, 5) is 0. The maximum Gasteiger partial charge on any atom is 0.214 e. The van der Waals surface area contributed by atoms with Gasteiger partial charge in [-0.1, -0.05) is 13.3 Å². The zero-order valence-corrected chi connectivity index (χ0v) is 10.9. The van der Waals surface area contributed by atoms with Gasteiger partial charge in [0.05, 0.1) is 5.75 Å². The Morgan fingerprint density at radius 1 is 1.38 bits per heavy atom. The SMILES string of the molecule is CCCCS(=O)(=O)N1CCCNCC12CC2. The molecule has 0 unspecified atom stereocenters. The minimum absolute atomic E-state index is 0.0525. The van der Waals surface area contributed by atoms with Gasteiger partial charge in [0.15, 0.2) is 0 Å². The molecule has 1 heterocycles. The Hall–Kier alpha value is -0.130. The Labute approximate surface area is 98.4 Å². The minimum atomic E-state index is -3.02. The summed E-state index contributed by atoms with van der Waals surface area (Å²) in [5.41, 5.74) is -0.0525. The van der Waals surface area contributed by atoms with Crippen LogP contribution in [-0.2, 0) is 10.0 Å². The summed E-state index contributed by atoms with van der Waals surface area (Å²) in [5.74, 6) is 0.325. The number of hydrogen-bond acceptors (Lipinski definition) is 3. The first-order chi connectivity index (χ1) is 7.61. The van der Waals surface area contributed by atoms with Crippen LogP contribution in [0, 0.1) is 0 Å². The molecule has 1 aliphatic carbocycles. The molecule has 1 aliphatic heterocycles. The summed E-state index contributed by atoms with van der Waals surface area (Å²) in [6.07, 6.45) is 4.73. The molecule has 0 aromatic heterocycles. The standard InChI is InChI=1S/C11H22N2O2S/c1-2-3-9-16(14,15)13-8-4-7-12-10-11(13)5-6-11/h12H,2-10H2,1H3. The molecule has 5 heteroatoms. The first-order valence-corrected chi connectivity index (χ1v) is 7.93. The van der Waals surface area contributed by atoms with Crippen molar-refractivity contribution in [3.8, 4) is 0 Å². The van der Waals surface area contributed by atoms with Crippen molar-refractivity contribution in [2.24, 2.45) is 0 Å². The molecule has 1 saturated heterocycles. The molecule has 2 rings (SSSR count). The van der Waals surface area contributed by atoms with Crippen molar-refractivity contribution in [2.45, 2.75) is 44.6 Å². The van der Waals surface area contributed by atoms with E-state index < -0.39 is 10.0 Å². The highest BCUT2D eigenvalue weighted by Gasteiger charge is 2.52. The summed E-state index contributed by atoms with van der Waals surface area (Å²) in [5, 5.41) is 3.35. The van der Waals surface area contributed by atoms with E-state index in [2.05, 4.69) is 5.32 Å². The van der Waals surface area contributed by atoms with Gasteiger partial charge in [0, 0.05) is 18.6 Å². The van der Waals surface area contributed by atoms with Gasteiger partial charge < -0.3 is 5.32 Å². The van der Waals surface area contributed by atoms with E-state index in [9.17, 15) is 8.42 Å². The van der Waals surface area contributed by atoms with Crippen molar-refractivity contribution < 1.29 is 8.42 Å². The molecule has 0 atom stereocenters. The second-order valence-electron chi connectivity index (χ2n) is 5.00. The highest BCUT2D eigenvalue weighted by atomic mass is 32.2. The second kappa shape index (κ2) is 4.63. The van der Waals surface area contributed by atoms with E-state index in [1.165, 1.54) is 0 Å². The topological polar surface area (TPSA) is 49.4 Å². The molecular weight excluding hydrogens is 224 g/mol. The van der Waals surface area contributed by atoms with Crippen LogP contribution in [0.5, 0.6) is 0 Å². The Morgan fingerprint density at radius 2 is 2.12 bits per heavy atom. The van der Waals surface area contributed by atoms with E-state index in [4.69, 9.17) is 0 Å². The molecule has 1 spiro atoms. The van der Waals surface area contributed by atoms with Crippen molar-refractivity contribution in [3.63, 3.8) is 0 Å². The summed E-state index contributed by atoms with van der Waals surface area (Å²) in [6.45, 7) is 4.53. The number of nitrogens with one attached hydrogen (secondary N) is 1. The van der Waals surface area contributed by atoms with Gasteiger partial charge in [-0.15, -0.1) is 0 Å². The van der Waals surface area contributed by atoms with Gasteiger partial charge >= 0.3 is 0 Å². The fourth-order valence-electron chi connectivity index (χ4n) is 2.44. The third-order valence-corrected chi connectivity index (χ3v) is 5.66. The molecular formula is C11H22N2O2S. The third-order valence-electron chi connectivity index (χ3n) is 3.62. The summed E-state index contributed by atoms with van der Waals surface area (Å²) in [7, 11) is -3.02. The molecule has 0 aromatic carbocycles. The van der Waals surface area contributed by atoms with Crippen LogP contribution >= 0.6 is 0 Å². The summed E-state index contributed by atoms with van der Waals surface area (Å²) >= 11 is 0. The smallest absolute Gasteiger partial charge is 0.214 e. The molecule has 0 amide bonds. The predicted octanol–water partition coefficient (Wildman–Crippen LogP) is 0.944. The number of rotatable bonds is 4. The number of sulfonamides is 1. The molecule has 0 radical (unpaired) electrons. The van der Waals surface area contributed by atoms with Crippen molar-refractivity contribution in [1.29, 1.82) is 0 Å². The lowest BCUT2D eigenvalue weighted by atomic mass is 10.3.